The number of fused-ring (bicyclic) bond motifs is 1. The molecule has 4 aromatic rings. The highest BCUT2D eigenvalue weighted by Gasteiger charge is 2.45. The minimum absolute atomic E-state index is 0.0284. The second-order valence-electron chi connectivity index (χ2n) is 7.99. The molecule has 2 heterocycles. The van der Waals surface area contributed by atoms with Crippen molar-refractivity contribution in [1.29, 1.82) is 0 Å². The van der Waals surface area contributed by atoms with E-state index >= 15 is 0 Å². The molecule has 0 spiro atoms. The first-order chi connectivity index (χ1) is 16.4. The van der Waals surface area contributed by atoms with Crippen LogP contribution in [0.1, 0.15) is 28.9 Å². The molecule has 5 rings (SSSR count). The van der Waals surface area contributed by atoms with E-state index < -0.39 is 21.5 Å². The van der Waals surface area contributed by atoms with Crippen LogP contribution in [0.3, 0.4) is 0 Å². The summed E-state index contributed by atoms with van der Waals surface area (Å²) in [5.74, 6) is -0.710. The Balaban J connectivity index is 1.47. The number of nitrogens with one attached hydrogen (secondary N) is 1. The molecule has 0 bridgehead atoms. The summed E-state index contributed by atoms with van der Waals surface area (Å²) in [5.41, 5.74) is 1.53. The maximum Gasteiger partial charge on any atom is 0.283 e. The van der Waals surface area contributed by atoms with Gasteiger partial charge < -0.3 is 9.47 Å². The Morgan fingerprint density at radius 3 is 2.59 bits per heavy atom. The number of pyridine rings is 1. The average molecular weight is 479 g/mol. The number of sulfonamides is 1. The maximum atomic E-state index is 13.2. The van der Waals surface area contributed by atoms with Gasteiger partial charge in [-0.05, 0) is 60.9 Å². The van der Waals surface area contributed by atoms with Gasteiger partial charge in [-0.25, -0.2) is 22.8 Å². The van der Waals surface area contributed by atoms with Crippen molar-refractivity contribution in [2.24, 2.45) is 0 Å². The number of nitrogens with zero attached hydrogens (tertiary/aromatic N) is 3. The zero-order chi connectivity index (χ0) is 23.9. The molecular formula is C24H22N4O5S. The number of carbonyl (C=O) groups excluding carboxylic acids is 1. The molecule has 2 aromatic heterocycles. The topological polar surface area (TPSA) is 112 Å². The highest BCUT2D eigenvalue weighted by atomic mass is 32.2. The Morgan fingerprint density at radius 2 is 1.91 bits per heavy atom. The van der Waals surface area contributed by atoms with Crippen LogP contribution in [-0.2, 0) is 20.4 Å². The molecule has 0 atom stereocenters. The number of hydrogen-bond acceptors (Lipinski definition) is 7. The van der Waals surface area contributed by atoms with Gasteiger partial charge in [-0.2, -0.15) is 5.10 Å². The van der Waals surface area contributed by atoms with Gasteiger partial charge >= 0.3 is 0 Å². The van der Waals surface area contributed by atoms with Gasteiger partial charge in [-0.3, -0.25) is 4.79 Å². The number of amides is 1. The van der Waals surface area contributed by atoms with Crippen molar-refractivity contribution in [2.75, 3.05) is 14.2 Å². The largest absolute Gasteiger partial charge is 0.495 e. The first kappa shape index (κ1) is 22.1. The molecule has 1 aliphatic rings. The van der Waals surface area contributed by atoms with Crippen LogP contribution >= 0.6 is 0 Å². The number of ether oxygens (including phenoxy) is 2. The maximum absolute atomic E-state index is 13.2. The lowest BCUT2D eigenvalue weighted by molar-refractivity contribution is 0.0786. The van der Waals surface area contributed by atoms with Gasteiger partial charge in [0.2, 0.25) is 0 Å². The Kier molecular flexibility index (Phi) is 5.34. The van der Waals surface area contributed by atoms with Crippen LogP contribution in [-0.4, -0.2) is 43.3 Å². The monoisotopic (exact) mass is 478 g/mol. The van der Waals surface area contributed by atoms with Gasteiger partial charge in [0, 0.05) is 24.9 Å². The number of hydrogen-bond donors (Lipinski definition) is 1. The van der Waals surface area contributed by atoms with E-state index in [0.717, 1.165) is 29.5 Å². The number of carbonyl (C=O) groups is 1. The molecule has 0 aliphatic heterocycles. The normalized spacial score (nSPS) is 14.6. The third-order valence-corrected chi connectivity index (χ3v) is 7.35. The summed E-state index contributed by atoms with van der Waals surface area (Å²) in [4.78, 5) is 17.1. The number of aromatic nitrogens is 3. The van der Waals surface area contributed by atoms with E-state index in [1.54, 1.807) is 60.6 Å². The second kappa shape index (κ2) is 8.23. The van der Waals surface area contributed by atoms with E-state index in [-0.39, 0.29) is 16.3 Å². The zero-order valence-corrected chi connectivity index (χ0v) is 19.4. The first-order valence-corrected chi connectivity index (χ1v) is 12.1. The predicted molar refractivity (Wildman–Crippen MR) is 124 cm³/mol. The quantitative estimate of drug-likeness (QED) is 0.434. The highest BCUT2D eigenvalue weighted by molar-refractivity contribution is 7.90. The molecule has 2 aromatic carbocycles. The van der Waals surface area contributed by atoms with Crippen LogP contribution in [0.5, 0.6) is 5.75 Å². The molecule has 1 N–H and O–H groups in total. The number of benzene rings is 2. The van der Waals surface area contributed by atoms with E-state index in [9.17, 15) is 13.2 Å². The highest BCUT2D eigenvalue weighted by Crippen LogP contribution is 2.49. The molecular weight excluding hydrogens is 456 g/mol. The van der Waals surface area contributed by atoms with Crippen LogP contribution in [0.4, 0.5) is 0 Å². The van der Waals surface area contributed by atoms with Crippen molar-refractivity contribution >= 4 is 26.8 Å². The molecule has 1 amide bonds. The second-order valence-corrected chi connectivity index (χ2v) is 9.64. The minimum atomic E-state index is -4.24. The Hall–Kier alpha value is -3.76. The van der Waals surface area contributed by atoms with Gasteiger partial charge in [0.25, 0.3) is 15.9 Å². The third-order valence-electron chi connectivity index (χ3n) is 5.99. The van der Waals surface area contributed by atoms with Crippen LogP contribution in [0.25, 0.3) is 16.6 Å². The fourth-order valence-corrected chi connectivity index (χ4v) is 5.16. The van der Waals surface area contributed by atoms with E-state index in [2.05, 4.69) is 14.8 Å². The smallest absolute Gasteiger partial charge is 0.283 e. The molecule has 0 unspecified atom stereocenters. The lowest BCUT2D eigenvalue weighted by Gasteiger charge is -2.17. The predicted octanol–water partition coefficient (Wildman–Crippen LogP) is 3.18. The number of rotatable bonds is 7. The molecule has 1 aliphatic carbocycles. The molecule has 174 valence electrons. The van der Waals surface area contributed by atoms with E-state index in [1.165, 1.54) is 19.2 Å². The Labute approximate surface area is 196 Å². The molecule has 34 heavy (non-hydrogen) atoms. The van der Waals surface area contributed by atoms with Crippen molar-refractivity contribution in [1.82, 2.24) is 19.5 Å². The molecule has 1 fully saturated rings. The first-order valence-electron chi connectivity index (χ1n) is 10.6. The van der Waals surface area contributed by atoms with Crippen LogP contribution in [0.15, 0.2) is 71.9 Å². The summed E-state index contributed by atoms with van der Waals surface area (Å²) < 4.78 is 41.0. The van der Waals surface area contributed by atoms with Gasteiger partial charge in [-0.1, -0.05) is 12.1 Å². The Morgan fingerprint density at radius 1 is 1.09 bits per heavy atom. The van der Waals surface area contributed by atoms with Crippen LogP contribution in [0.2, 0.25) is 0 Å². The minimum Gasteiger partial charge on any atom is -0.495 e. The van der Waals surface area contributed by atoms with E-state index in [0.29, 0.717) is 5.52 Å². The molecule has 10 heteroatoms. The van der Waals surface area contributed by atoms with Crippen LogP contribution in [0, 0.1) is 0 Å². The van der Waals surface area contributed by atoms with Crippen molar-refractivity contribution in [3.8, 4) is 11.4 Å². The Bertz CT molecular complexity index is 1500. The molecule has 1 saturated carbocycles. The fourth-order valence-electron chi connectivity index (χ4n) is 4.00. The van der Waals surface area contributed by atoms with Gasteiger partial charge in [0.1, 0.15) is 16.3 Å². The zero-order valence-electron chi connectivity index (χ0n) is 18.6. The molecule has 9 nitrogen and oxygen atoms in total. The molecule has 0 saturated heterocycles. The van der Waals surface area contributed by atoms with Gasteiger partial charge in [0.05, 0.1) is 23.9 Å². The van der Waals surface area contributed by atoms with Gasteiger partial charge in [0.15, 0.2) is 0 Å². The summed E-state index contributed by atoms with van der Waals surface area (Å²) in [5, 5.41) is 5.01. The summed E-state index contributed by atoms with van der Waals surface area (Å²) >= 11 is 0. The van der Waals surface area contributed by atoms with Crippen LogP contribution < -0.4 is 9.46 Å². The lowest BCUT2D eigenvalue weighted by atomic mass is 10.1. The summed E-state index contributed by atoms with van der Waals surface area (Å²) in [6.45, 7) is 0. The summed E-state index contributed by atoms with van der Waals surface area (Å²) in [6.07, 6.45) is 5.06. The SMILES string of the molecule is COc1ccc(C2(OC)CC2)cc1S(=O)(=O)NC(=O)c1ccc2c(-n3cccn3)cccc2n1. The summed E-state index contributed by atoms with van der Waals surface area (Å²) in [7, 11) is -1.28. The van der Waals surface area contributed by atoms with Crippen molar-refractivity contribution in [2.45, 2.75) is 23.3 Å². The van der Waals surface area contributed by atoms with E-state index in [4.69, 9.17) is 9.47 Å². The van der Waals surface area contributed by atoms with Gasteiger partial charge in [-0.15, -0.1) is 0 Å². The average Bonchev–Trinajstić information content (AvgIpc) is 3.47. The fraction of sp³-hybridized carbons (Fsp3) is 0.208. The molecule has 0 radical (unpaired) electrons. The number of methoxy groups -OCH3 is 2. The standard InChI is InChI=1S/C24H22N4O5S/c1-32-21-10-7-16(24(33-2)11-12-24)15-22(21)34(30,31)27-23(29)19-9-8-17-18(26-19)5-3-6-20(17)28-14-4-13-25-28/h3-10,13-15H,11-12H2,1-2H3,(H,27,29). The van der Waals surface area contributed by atoms with Crippen molar-refractivity contribution < 1.29 is 22.7 Å². The lowest BCUT2D eigenvalue weighted by Crippen LogP contribution is -2.31. The van der Waals surface area contributed by atoms with E-state index in [1.807, 2.05) is 6.07 Å². The van der Waals surface area contributed by atoms with Crippen molar-refractivity contribution in [3.63, 3.8) is 0 Å². The third kappa shape index (κ3) is 3.80. The van der Waals surface area contributed by atoms with Crippen molar-refractivity contribution in [3.05, 3.63) is 78.2 Å². The summed E-state index contributed by atoms with van der Waals surface area (Å²) in [6, 6.07) is 15.3.